The van der Waals surface area contributed by atoms with E-state index in [2.05, 4.69) is 5.32 Å². The number of nitrogens with one attached hydrogen (secondary N) is 1. The van der Waals surface area contributed by atoms with Gasteiger partial charge < -0.3 is 5.32 Å². The number of rotatable bonds is 2. The van der Waals surface area contributed by atoms with Crippen LogP contribution in [0.5, 0.6) is 0 Å². The van der Waals surface area contributed by atoms with Gasteiger partial charge in [-0.2, -0.15) is 0 Å². The van der Waals surface area contributed by atoms with Crippen LogP contribution in [0.15, 0.2) is 53.3 Å². The molecule has 1 N–H and O–H groups in total. The lowest BCUT2D eigenvalue weighted by atomic mass is 10.2. The summed E-state index contributed by atoms with van der Waals surface area (Å²) in [5.74, 6) is -0.307. The molecule has 0 aliphatic rings. The number of hydrogen-bond donors (Lipinski definition) is 1. The smallest absolute Gasteiger partial charge is 0.265 e. The predicted octanol–water partition coefficient (Wildman–Crippen LogP) is 4.48. The van der Waals surface area contributed by atoms with Crippen molar-refractivity contribution in [2.24, 2.45) is 0 Å². The molecule has 110 valence electrons. The van der Waals surface area contributed by atoms with E-state index in [-0.39, 0.29) is 10.6 Å². The topological polar surface area (TPSA) is 46.2 Å². The van der Waals surface area contributed by atoms with Crippen molar-refractivity contribution in [3.05, 3.63) is 73.5 Å². The average molecular weight is 330 g/mol. The third-order valence-electron chi connectivity index (χ3n) is 3.41. The van der Waals surface area contributed by atoms with Crippen molar-refractivity contribution in [1.82, 2.24) is 0 Å². The van der Waals surface area contributed by atoms with Crippen molar-refractivity contribution in [2.75, 3.05) is 5.32 Å². The van der Waals surface area contributed by atoms with Gasteiger partial charge in [0.1, 0.15) is 0 Å². The number of fused-ring (bicyclic) bond motifs is 1. The highest BCUT2D eigenvalue weighted by atomic mass is 35.5. The Morgan fingerprint density at radius 3 is 2.73 bits per heavy atom. The summed E-state index contributed by atoms with van der Waals surface area (Å²) in [7, 11) is 0. The van der Waals surface area contributed by atoms with Crippen molar-refractivity contribution in [1.29, 1.82) is 0 Å². The van der Waals surface area contributed by atoms with E-state index >= 15 is 0 Å². The Bertz CT molecular complexity index is 933. The fraction of sp³-hybridized carbons (Fsp3) is 0.0588. The third-order valence-corrected chi connectivity index (χ3v) is 4.75. The Morgan fingerprint density at radius 1 is 1.14 bits per heavy atom. The maximum Gasteiger partial charge on any atom is 0.265 e. The Balaban J connectivity index is 1.99. The Hall–Kier alpha value is -2.17. The van der Waals surface area contributed by atoms with Crippen LogP contribution in [0.25, 0.3) is 10.8 Å². The van der Waals surface area contributed by atoms with Crippen LogP contribution in [-0.2, 0) is 0 Å². The zero-order chi connectivity index (χ0) is 15.7. The van der Waals surface area contributed by atoms with Crippen LogP contribution in [-0.4, -0.2) is 5.91 Å². The summed E-state index contributed by atoms with van der Waals surface area (Å²) in [5.41, 5.74) is 1.44. The fourth-order valence-electron chi connectivity index (χ4n) is 2.17. The number of anilines is 1. The monoisotopic (exact) mass is 329 g/mol. The van der Waals surface area contributed by atoms with Crippen LogP contribution < -0.4 is 10.1 Å². The van der Waals surface area contributed by atoms with E-state index in [0.29, 0.717) is 21.0 Å². The number of benzene rings is 2. The molecular weight excluding hydrogens is 318 g/mol. The second-order valence-corrected chi connectivity index (χ2v) is 6.27. The molecule has 0 atom stereocenters. The predicted molar refractivity (Wildman–Crippen MR) is 92.2 cm³/mol. The summed E-state index contributed by atoms with van der Waals surface area (Å²) in [6.45, 7) is 1.83. The highest BCUT2D eigenvalue weighted by molar-refractivity contribution is 7.12. The highest BCUT2D eigenvalue weighted by Crippen LogP contribution is 2.24. The van der Waals surface area contributed by atoms with Gasteiger partial charge in [-0.25, -0.2) is 0 Å². The average Bonchev–Trinajstić information content (AvgIpc) is 2.52. The van der Waals surface area contributed by atoms with E-state index in [1.54, 1.807) is 30.3 Å². The molecule has 3 aromatic rings. The van der Waals surface area contributed by atoms with Gasteiger partial charge in [0.15, 0.2) is 0 Å². The fourth-order valence-corrected chi connectivity index (χ4v) is 3.17. The molecule has 1 aromatic heterocycles. The highest BCUT2D eigenvalue weighted by Gasteiger charge is 2.12. The number of carbonyl (C=O) groups is 1. The number of amides is 1. The summed E-state index contributed by atoms with van der Waals surface area (Å²) >= 11 is 6.99. The van der Waals surface area contributed by atoms with E-state index in [4.69, 9.17) is 11.6 Å². The Kier molecular flexibility index (Phi) is 3.96. The molecule has 0 saturated carbocycles. The summed E-state index contributed by atoms with van der Waals surface area (Å²) in [6.07, 6.45) is 0. The van der Waals surface area contributed by atoms with Crippen LogP contribution in [0.1, 0.15) is 15.2 Å². The zero-order valence-corrected chi connectivity index (χ0v) is 13.3. The zero-order valence-electron chi connectivity index (χ0n) is 11.7. The molecule has 3 rings (SSSR count). The minimum absolute atomic E-state index is 0.119. The molecule has 0 aliphatic carbocycles. The largest absolute Gasteiger partial charge is 0.321 e. The van der Waals surface area contributed by atoms with Crippen LogP contribution in [0.4, 0.5) is 5.69 Å². The van der Waals surface area contributed by atoms with Gasteiger partial charge in [0.2, 0.25) is 4.74 Å². The standard InChI is InChI=1S/C17H12ClNO2S/c1-10-13(18)7-4-8-14(10)19-16(20)15-9-11-5-2-3-6-12(11)17(21)22-15/h2-9H,1H3,(H,19,20). The Morgan fingerprint density at radius 2 is 1.91 bits per heavy atom. The first-order chi connectivity index (χ1) is 10.6. The summed E-state index contributed by atoms with van der Waals surface area (Å²) in [5, 5.41) is 4.79. The molecule has 0 aliphatic heterocycles. The SMILES string of the molecule is Cc1c(Cl)cccc1NC(=O)c1cc2ccccc2c(=O)s1. The molecular formula is C17H12ClNO2S. The second-order valence-electron chi connectivity index (χ2n) is 4.85. The summed E-state index contributed by atoms with van der Waals surface area (Å²) in [6, 6.07) is 14.3. The van der Waals surface area contributed by atoms with Crippen molar-refractivity contribution in [2.45, 2.75) is 6.92 Å². The molecule has 3 nitrogen and oxygen atoms in total. The van der Waals surface area contributed by atoms with Crippen LogP contribution in [0.3, 0.4) is 0 Å². The summed E-state index contributed by atoms with van der Waals surface area (Å²) in [4.78, 5) is 24.9. The number of halogens is 1. The first-order valence-electron chi connectivity index (χ1n) is 6.65. The summed E-state index contributed by atoms with van der Waals surface area (Å²) < 4.78 is -0.119. The lowest BCUT2D eigenvalue weighted by molar-refractivity contribution is 0.103. The van der Waals surface area contributed by atoms with Crippen molar-refractivity contribution < 1.29 is 4.79 Å². The Labute approximate surface area is 136 Å². The van der Waals surface area contributed by atoms with E-state index in [1.165, 1.54) is 0 Å². The van der Waals surface area contributed by atoms with E-state index < -0.39 is 0 Å². The second kappa shape index (κ2) is 5.91. The van der Waals surface area contributed by atoms with Crippen molar-refractivity contribution >= 4 is 45.3 Å². The molecule has 0 saturated heterocycles. The van der Waals surface area contributed by atoms with Crippen molar-refractivity contribution in [3.63, 3.8) is 0 Å². The normalized spacial score (nSPS) is 10.6. The molecule has 0 bridgehead atoms. The van der Waals surface area contributed by atoms with Gasteiger partial charge in [0, 0.05) is 16.1 Å². The van der Waals surface area contributed by atoms with Crippen molar-refractivity contribution in [3.8, 4) is 0 Å². The first kappa shape index (κ1) is 14.8. The molecule has 5 heteroatoms. The molecule has 0 fully saturated rings. The molecule has 2 aromatic carbocycles. The van der Waals surface area contributed by atoms with Gasteiger partial charge in [-0.15, -0.1) is 0 Å². The van der Waals surface area contributed by atoms with Crippen LogP contribution in [0.2, 0.25) is 5.02 Å². The van der Waals surface area contributed by atoms with Gasteiger partial charge in [0.25, 0.3) is 5.91 Å². The molecule has 0 unspecified atom stereocenters. The molecule has 22 heavy (non-hydrogen) atoms. The maximum absolute atomic E-state index is 12.4. The quantitative estimate of drug-likeness (QED) is 0.753. The lowest BCUT2D eigenvalue weighted by Gasteiger charge is -2.09. The molecule has 0 radical (unpaired) electrons. The van der Waals surface area contributed by atoms with Crippen LogP contribution >= 0.6 is 22.9 Å². The lowest BCUT2D eigenvalue weighted by Crippen LogP contribution is -2.13. The maximum atomic E-state index is 12.4. The molecule has 0 spiro atoms. The minimum Gasteiger partial charge on any atom is -0.321 e. The van der Waals surface area contributed by atoms with Gasteiger partial charge in [-0.05, 0) is 42.1 Å². The first-order valence-corrected chi connectivity index (χ1v) is 7.85. The van der Waals surface area contributed by atoms with Gasteiger partial charge in [0.05, 0.1) is 4.88 Å². The number of carbonyl (C=O) groups excluding carboxylic acids is 1. The molecule has 1 amide bonds. The van der Waals surface area contributed by atoms with Crippen LogP contribution in [0, 0.1) is 6.92 Å². The van der Waals surface area contributed by atoms with Gasteiger partial charge >= 0.3 is 0 Å². The molecule has 1 heterocycles. The minimum atomic E-state index is -0.307. The van der Waals surface area contributed by atoms with E-state index in [1.807, 2.05) is 25.1 Å². The number of hydrogen-bond acceptors (Lipinski definition) is 3. The van der Waals surface area contributed by atoms with E-state index in [9.17, 15) is 9.59 Å². The van der Waals surface area contributed by atoms with Gasteiger partial charge in [-0.3, -0.25) is 9.59 Å². The van der Waals surface area contributed by atoms with Gasteiger partial charge in [-0.1, -0.05) is 47.2 Å². The van der Waals surface area contributed by atoms with E-state index in [0.717, 1.165) is 22.3 Å². The third kappa shape index (κ3) is 2.75.